The number of benzene rings is 3. The third-order valence-electron chi connectivity index (χ3n) is 8.13. The minimum atomic E-state index is -0.309. The van der Waals surface area contributed by atoms with Crippen molar-refractivity contribution in [3.05, 3.63) is 82.4 Å². The molecule has 0 saturated heterocycles. The lowest BCUT2D eigenvalue weighted by Gasteiger charge is -2.25. The first-order valence-electron chi connectivity index (χ1n) is 15.2. The Kier molecular flexibility index (Phi) is 10.3. The van der Waals surface area contributed by atoms with Gasteiger partial charge in [-0.1, -0.05) is 71.2 Å². The highest BCUT2D eigenvalue weighted by Gasteiger charge is 2.35. The van der Waals surface area contributed by atoms with E-state index in [1.54, 1.807) is 45.6 Å². The Morgan fingerprint density at radius 2 is 1.48 bits per heavy atom. The Morgan fingerprint density at radius 1 is 0.864 bits per heavy atom. The molecule has 1 aliphatic rings. The molecule has 3 aromatic carbocycles. The zero-order valence-electron chi connectivity index (χ0n) is 26.9. The monoisotopic (exact) mass is 600 g/mol. The number of hydrogen-bond donors (Lipinski definition) is 1. The molecule has 0 spiro atoms. The van der Waals surface area contributed by atoms with Gasteiger partial charge in [0.25, 0.3) is 11.8 Å². The zero-order chi connectivity index (χ0) is 32.0. The molecule has 3 amide bonds. The summed E-state index contributed by atoms with van der Waals surface area (Å²) in [5.74, 6) is 0.809. The van der Waals surface area contributed by atoms with Crippen molar-refractivity contribution >= 4 is 23.4 Å². The Morgan fingerprint density at radius 3 is 2.00 bits per heavy atom. The quantitative estimate of drug-likeness (QED) is 0.161. The number of carbonyl (C=O) groups excluding carboxylic acids is 3. The molecule has 0 bridgehead atoms. The zero-order valence-corrected chi connectivity index (χ0v) is 26.9. The van der Waals surface area contributed by atoms with Crippen LogP contribution in [0.1, 0.15) is 103 Å². The summed E-state index contributed by atoms with van der Waals surface area (Å²) in [5, 5.41) is 3.18. The van der Waals surface area contributed by atoms with Crippen molar-refractivity contribution < 1.29 is 28.6 Å². The number of methoxy groups -OCH3 is 3. The normalized spacial score (nSPS) is 13.5. The molecule has 0 saturated carbocycles. The average molecular weight is 601 g/mol. The molecule has 8 nitrogen and oxygen atoms in total. The lowest BCUT2D eigenvalue weighted by atomic mass is 9.84. The fourth-order valence-corrected chi connectivity index (χ4v) is 5.80. The van der Waals surface area contributed by atoms with Crippen molar-refractivity contribution in [2.75, 3.05) is 26.6 Å². The first kappa shape index (κ1) is 32.6. The number of rotatable bonds is 13. The topological polar surface area (TPSA) is 94.2 Å². The van der Waals surface area contributed by atoms with E-state index in [1.165, 1.54) is 4.90 Å². The van der Waals surface area contributed by atoms with Crippen LogP contribution < -0.4 is 19.5 Å². The number of amides is 3. The van der Waals surface area contributed by atoms with E-state index in [0.29, 0.717) is 34.1 Å². The molecule has 1 heterocycles. The van der Waals surface area contributed by atoms with Crippen molar-refractivity contribution in [1.29, 1.82) is 0 Å². The van der Waals surface area contributed by atoms with E-state index in [2.05, 4.69) is 33.0 Å². The van der Waals surface area contributed by atoms with Crippen molar-refractivity contribution in [3.63, 3.8) is 0 Å². The molecular formula is C36H44N2O6. The summed E-state index contributed by atoms with van der Waals surface area (Å²) < 4.78 is 16.7. The second-order valence-corrected chi connectivity index (χ2v) is 12.3. The summed E-state index contributed by atoms with van der Waals surface area (Å²) in [6.07, 6.45) is 4.20. The number of hydrogen-bond acceptors (Lipinski definition) is 6. The van der Waals surface area contributed by atoms with Crippen LogP contribution in [0.5, 0.6) is 17.2 Å². The van der Waals surface area contributed by atoms with Crippen LogP contribution in [0, 0.1) is 0 Å². The third-order valence-corrected chi connectivity index (χ3v) is 8.13. The van der Waals surface area contributed by atoms with Crippen molar-refractivity contribution in [2.45, 2.75) is 77.7 Å². The molecule has 0 aromatic heterocycles. The van der Waals surface area contributed by atoms with E-state index in [4.69, 9.17) is 14.2 Å². The Hall–Kier alpha value is -4.33. The maximum absolute atomic E-state index is 13.7. The highest BCUT2D eigenvalue weighted by molar-refractivity contribution is 6.21. The minimum Gasteiger partial charge on any atom is -0.493 e. The van der Waals surface area contributed by atoms with Crippen molar-refractivity contribution in [3.8, 4) is 17.2 Å². The van der Waals surface area contributed by atoms with Crippen molar-refractivity contribution in [1.82, 2.24) is 4.90 Å². The number of ether oxygens (including phenoxy) is 3. The predicted molar refractivity (Wildman–Crippen MR) is 172 cm³/mol. The number of unbranched alkanes of at least 4 members (excludes halogenated alkanes) is 2. The molecule has 0 fully saturated rings. The van der Waals surface area contributed by atoms with E-state index in [0.717, 1.165) is 42.4 Å². The Balaban J connectivity index is 1.61. The maximum Gasteiger partial charge on any atom is 0.261 e. The van der Waals surface area contributed by atoms with Crippen LogP contribution in [-0.2, 0) is 16.8 Å². The number of nitrogens with zero attached hydrogens (tertiary/aromatic N) is 1. The molecule has 1 N–H and O–H groups in total. The molecule has 0 radical (unpaired) electrons. The maximum atomic E-state index is 13.7. The van der Waals surface area contributed by atoms with Gasteiger partial charge in [0.05, 0.1) is 39.0 Å². The third kappa shape index (κ3) is 7.07. The molecule has 44 heavy (non-hydrogen) atoms. The molecule has 1 atom stereocenters. The highest BCUT2D eigenvalue weighted by atomic mass is 16.5. The smallest absolute Gasteiger partial charge is 0.261 e. The number of carbonyl (C=O) groups is 3. The number of imide groups is 1. The van der Waals surface area contributed by atoms with Crippen molar-refractivity contribution in [2.24, 2.45) is 0 Å². The SMILES string of the molecule is CCCCCC(CC(=O)Nc1cc(CN2C(=O)c3ccccc3C2=O)ccc1C(C)(C)C)c1cc(OC)c(OC)c(OC)c1. The average Bonchev–Trinajstić information content (AvgIpc) is 3.24. The molecule has 0 aliphatic carbocycles. The van der Waals surface area contributed by atoms with E-state index >= 15 is 0 Å². The molecular weight excluding hydrogens is 556 g/mol. The van der Waals surface area contributed by atoms with Gasteiger partial charge in [0.1, 0.15) is 0 Å². The van der Waals surface area contributed by atoms with Crippen LogP contribution in [0.3, 0.4) is 0 Å². The van der Waals surface area contributed by atoms with E-state index in [1.807, 2.05) is 30.3 Å². The minimum absolute atomic E-state index is 0.0742. The van der Waals surface area contributed by atoms with Crippen LogP contribution in [0.2, 0.25) is 0 Å². The summed E-state index contributed by atoms with van der Waals surface area (Å²) >= 11 is 0. The molecule has 1 aliphatic heterocycles. The number of nitrogens with one attached hydrogen (secondary N) is 1. The summed E-state index contributed by atoms with van der Waals surface area (Å²) in [4.78, 5) is 41.0. The number of anilines is 1. The van der Waals surface area contributed by atoms with Crippen LogP contribution in [-0.4, -0.2) is 44.0 Å². The molecule has 234 valence electrons. The molecule has 4 rings (SSSR count). The lowest BCUT2D eigenvalue weighted by Crippen LogP contribution is -2.29. The van der Waals surface area contributed by atoms with Crippen LogP contribution >= 0.6 is 0 Å². The summed E-state index contributed by atoms with van der Waals surface area (Å²) in [6.45, 7) is 8.54. The van der Waals surface area contributed by atoms with Gasteiger partial charge in [-0.3, -0.25) is 19.3 Å². The second-order valence-electron chi connectivity index (χ2n) is 12.3. The fraction of sp³-hybridized carbons (Fsp3) is 0.417. The second kappa shape index (κ2) is 14.0. The van der Waals surface area contributed by atoms with E-state index in [-0.39, 0.29) is 42.0 Å². The van der Waals surface area contributed by atoms with Gasteiger partial charge in [0.2, 0.25) is 11.7 Å². The Labute approximate surface area is 260 Å². The summed E-state index contributed by atoms with van der Waals surface area (Å²) in [6, 6.07) is 16.5. The van der Waals surface area contributed by atoms with Crippen LogP contribution in [0.25, 0.3) is 0 Å². The molecule has 1 unspecified atom stereocenters. The van der Waals surface area contributed by atoms with Gasteiger partial charge in [-0.2, -0.15) is 0 Å². The van der Waals surface area contributed by atoms with Gasteiger partial charge in [-0.05, 0) is 64.8 Å². The summed E-state index contributed by atoms with van der Waals surface area (Å²) in [5.41, 5.74) is 3.92. The highest BCUT2D eigenvalue weighted by Crippen LogP contribution is 2.42. The fourth-order valence-electron chi connectivity index (χ4n) is 5.80. The van der Waals surface area contributed by atoms with Crippen LogP contribution in [0.4, 0.5) is 5.69 Å². The summed E-state index contributed by atoms with van der Waals surface area (Å²) in [7, 11) is 4.74. The van der Waals surface area contributed by atoms with Crippen LogP contribution in [0.15, 0.2) is 54.6 Å². The van der Waals surface area contributed by atoms with E-state index in [9.17, 15) is 14.4 Å². The predicted octanol–water partition coefficient (Wildman–Crippen LogP) is 7.50. The van der Waals surface area contributed by atoms with Gasteiger partial charge >= 0.3 is 0 Å². The largest absolute Gasteiger partial charge is 0.493 e. The van der Waals surface area contributed by atoms with Gasteiger partial charge in [-0.15, -0.1) is 0 Å². The van der Waals surface area contributed by atoms with Gasteiger partial charge in [-0.25, -0.2) is 0 Å². The standard InChI is InChI=1S/C36H44N2O6/c1-8-9-10-13-24(25-19-30(42-5)33(44-7)31(20-25)43-6)21-32(39)37-29-18-23(16-17-28(29)36(2,3)4)22-38-34(40)26-14-11-12-15-27(26)35(38)41/h11-12,14-20,24H,8-10,13,21-22H2,1-7H3,(H,37,39). The Bertz CT molecular complexity index is 1460. The van der Waals surface area contributed by atoms with Gasteiger partial charge in [0, 0.05) is 12.1 Å². The first-order chi connectivity index (χ1) is 21.0. The van der Waals surface area contributed by atoms with E-state index < -0.39 is 0 Å². The lowest BCUT2D eigenvalue weighted by molar-refractivity contribution is -0.116. The molecule has 3 aromatic rings. The number of fused-ring (bicyclic) bond motifs is 1. The van der Waals surface area contributed by atoms with Gasteiger partial charge < -0.3 is 19.5 Å². The first-order valence-corrected chi connectivity index (χ1v) is 15.2. The molecule has 8 heteroatoms. The van der Waals surface area contributed by atoms with Gasteiger partial charge in [0.15, 0.2) is 11.5 Å².